The molecule has 1 fully saturated rings. The van der Waals surface area contributed by atoms with Gasteiger partial charge in [-0.2, -0.15) is 0 Å². The maximum Gasteiger partial charge on any atom is 0.255 e. The second-order valence-electron chi connectivity index (χ2n) is 4.80. The van der Waals surface area contributed by atoms with Crippen LogP contribution in [0.1, 0.15) is 16.8 Å². The summed E-state index contributed by atoms with van der Waals surface area (Å²) >= 11 is 17.8. The Balaban J connectivity index is 2.07. The molecule has 1 heterocycles. The van der Waals surface area contributed by atoms with Gasteiger partial charge < -0.3 is 9.80 Å². The van der Waals surface area contributed by atoms with E-state index in [0.717, 1.165) is 32.6 Å². The Hall–Kier alpha value is -0.480. The molecule has 2 rings (SSSR count). The highest BCUT2D eigenvalue weighted by Crippen LogP contribution is 2.22. The highest BCUT2D eigenvalue weighted by molar-refractivity contribution is 6.35. The number of hydrogen-bond donors (Lipinski definition) is 0. The molecule has 0 unspecified atom stereocenters. The first-order chi connectivity index (χ1) is 9.61. The van der Waals surface area contributed by atoms with E-state index in [1.807, 2.05) is 4.90 Å². The van der Waals surface area contributed by atoms with Gasteiger partial charge in [0, 0.05) is 37.1 Å². The number of rotatable bonds is 3. The molecule has 0 saturated carbocycles. The second-order valence-corrected chi connectivity index (χ2v) is 6.02. The molecule has 0 bridgehead atoms. The Bertz CT molecular complexity index is 481. The van der Waals surface area contributed by atoms with Crippen molar-refractivity contribution in [3.8, 4) is 0 Å². The maximum absolute atomic E-state index is 12.5. The van der Waals surface area contributed by atoms with Gasteiger partial charge in [0.1, 0.15) is 0 Å². The fourth-order valence-corrected chi connectivity index (χ4v) is 2.96. The van der Waals surface area contributed by atoms with Crippen LogP contribution >= 0.6 is 34.8 Å². The molecule has 110 valence electrons. The minimum Gasteiger partial charge on any atom is -0.337 e. The molecule has 0 radical (unpaired) electrons. The Morgan fingerprint density at radius 3 is 2.70 bits per heavy atom. The van der Waals surface area contributed by atoms with Crippen molar-refractivity contribution in [2.75, 3.05) is 38.6 Å². The fourth-order valence-electron chi connectivity index (χ4n) is 2.35. The third-order valence-electron chi connectivity index (χ3n) is 3.44. The van der Waals surface area contributed by atoms with Crippen LogP contribution in [0.5, 0.6) is 0 Å². The molecule has 0 N–H and O–H groups in total. The van der Waals surface area contributed by atoms with Crippen molar-refractivity contribution in [3.63, 3.8) is 0 Å². The topological polar surface area (TPSA) is 23.6 Å². The number of amides is 1. The first kappa shape index (κ1) is 15.9. The Kier molecular flexibility index (Phi) is 5.97. The molecule has 1 amide bonds. The molecule has 0 spiro atoms. The minimum atomic E-state index is -0.0507. The molecular formula is C14H17Cl3N2O. The number of carbonyl (C=O) groups is 1. The highest BCUT2D eigenvalue weighted by Gasteiger charge is 2.21. The molecule has 6 heteroatoms. The zero-order chi connectivity index (χ0) is 14.5. The van der Waals surface area contributed by atoms with E-state index < -0.39 is 0 Å². The van der Waals surface area contributed by atoms with Crippen molar-refractivity contribution < 1.29 is 4.79 Å². The van der Waals surface area contributed by atoms with Gasteiger partial charge in [-0.05, 0) is 31.2 Å². The van der Waals surface area contributed by atoms with E-state index in [2.05, 4.69) is 4.90 Å². The molecule has 3 nitrogen and oxygen atoms in total. The van der Waals surface area contributed by atoms with Gasteiger partial charge in [-0.25, -0.2) is 0 Å². The van der Waals surface area contributed by atoms with Crippen LogP contribution in [-0.2, 0) is 0 Å². The van der Waals surface area contributed by atoms with Gasteiger partial charge in [0.15, 0.2) is 0 Å². The number of alkyl halides is 1. The molecule has 1 aromatic rings. The largest absolute Gasteiger partial charge is 0.337 e. The number of benzene rings is 1. The van der Waals surface area contributed by atoms with E-state index in [9.17, 15) is 4.79 Å². The Morgan fingerprint density at radius 1 is 1.15 bits per heavy atom. The molecule has 1 saturated heterocycles. The van der Waals surface area contributed by atoms with Gasteiger partial charge >= 0.3 is 0 Å². The van der Waals surface area contributed by atoms with E-state index in [0.29, 0.717) is 28.0 Å². The third kappa shape index (κ3) is 4.01. The van der Waals surface area contributed by atoms with Gasteiger partial charge in [0.2, 0.25) is 0 Å². The lowest BCUT2D eigenvalue weighted by molar-refractivity contribution is 0.0762. The summed E-state index contributed by atoms with van der Waals surface area (Å²) in [5.74, 6) is 0.568. The van der Waals surface area contributed by atoms with E-state index in [1.54, 1.807) is 18.2 Å². The first-order valence-electron chi connectivity index (χ1n) is 6.64. The summed E-state index contributed by atoms with van der Waals surface area (Å²) in [4.78, 5) is 16.6. The summed E-state index contributed by atoms with van der Waals surface area (Å²) in [6.07, 6.45) is 0.945. The zero-order valence-electron chi connectivity index (χ0n) is 11.1. The van der Waals surface area contributed by atoms with Gasteiger partial charge in [-0.15, -0.1) is 11.6 Å². The normalized spacial score (nSPS) is 17.1. The average Bonchev–Trinajstić information content (AvgIpc) is 2.67. The Morgan fingerprint density at radius 2 is 1.95 bits per heavy atom. The number of carbonyl (C=O) groups excluding carboxylic acids is 1. The van der Waals surface area contributed by atoms with Crippen LogP contribution in [-0.4, -0.2) is 54.3 Å². The van der Waals surface area contributed by atoms with E-state index in [4.69, 9.17) is 34.8 Å². The quantitative estimate of drug-likeness (QED) is 0.791. The number of halogens is 3. The molecule has 1 aromatic carbocycles. The third-order valence-corrected chi connectivity index (χ3v) is 4.17. The van der Waals surface area contributed by atoms with Crippen molar-refractivity contribution in [3.05, 3.63) is 33.8 Å². The minimum absolute atomic E-state index is 0.0507. The van der Waals surface area contributed by atoms with Crippen LogP contribution in [0.3, 0.4) is 0 Å². The van der Waals surface area contributed by atoms with Gasteiger partial charge in [-0.1, -0.05) is 23.2 Å². The van der Waals surface area contributed by atoms with Crippen molar-refractivity contribution in [1.29, 1.82) is 0 Å². The molecule has 0 aliphatic carbocycles. The maximum atomic E-state index is 12.5. The van der Waals surface area contributed by atoms with Gasteiger partial charge in [0.25, 0.3) is 5.91 Å². The van der Waals surface area contributed by atoms with E-state index in [1.165, 1.54) is 0 Å². The van der Waals surface area contributed by atoms with Crippen LogP contribution in [0, 0.1) is 0 Å². The summed E-state index contributed by atoms with van der Waals surface area (Å²) in [6.45, 7) is 4.11. The second kappa shape index (κ2) is 7.51. The monoisotopic (exact) mass is 334 g/mol. The summed E-state index contributed by atoms with van der Waals surface area (Å²) in [7, 11) is 0. The SMILES string of the molecule is O=C(c1cc(Cl)ccc1Cl)N1CCCN(CCCl)CC1. The smallest absolute Gasteiger partial charge is 0.255 e. The lowest BCUT2D eigenvalue weighted by Gasteiger charge is -2.22. The molecule has 1 aliphatic heterocycles. The average molecular weight is 336 g/mol. The Labute approximate surface area is 134 Å². The van der Waals surface area contributed by atoms with Crippen LogP contribution in [0.2, 0.25) is 10.0 Å². The number of nitrogens with zero attached hydrogens (tertiary/aromatic N) is 2. The van der Waals surface area contributed by atoms with Crippen LogP contribution in [0.15, 0.2) is 18.2 Å². The van der Waals surface area contributed by atoms with Crippen LogP contribution < -0.4 is 0 Å². The van der Waals surface area contributed by atoms with E-state index >= 15 is 0 Å². The van der Waals surface area contributed by atoms with Crippen molar-refractivity contribution >= 4 is 40.7 Å². The molecular weight excluding hydrogens is 319 g/mol. The summed E-state index contributed by atoms with van der Waals surface area (Å²) in [5, 5.41) is 0.970. The van der Waals surface area contributed by atoms with Crippen LogP contribution in [0.25, 0.3) is 0 Å². The summed E-state index contributed by atoms with van der Waals surface area (Å²) in [6, 6.07) is 4.98. The fraction of sp³-hybridized carbons (Fsp3) is 0.500. The van der Waals surface area contributed by atoms with Crippen molar-refractivity contribution in [2.24, 2.45) is 0 Å². The van der Waals surface area contributed by atoms with Gasteiger partial charge in [0.05, 0.1) is 10.6 Å². The lowest BCUT2D eigenvalue weighted by atomic mass is 10.2. The molecule has 20 heavy (non-hydrogen) atoms. The predicted octanol–water partition coefficient (Wildman–Crippen LogP) is 3.38. The molecule has 0 atom stereocenters. The lowest BCUT2D eigenvalue weighted by Crippen LogP contribution is -2.35. The first-order valence-corrected chi connectivity index (χ1v) is 7.93. The molecule has 0 aromatic heterocycles. The number of hydrogen-bond acceptors (Lipinski definition) is 2. The van der Waals surface area contributed by atoms with Gasteiger partial charge in [-0.3, -0.25) is 4.79 Å². The van der Waals surface area contributed by atoms with E-state index in [-0.39, 0.29) is 5.91 Å². The predicted molar refractivity (Wildman–Crippen MR) is 84.1 cm³/mol. The van der Waals surface area contributed by atoms with Crippen molar-refractivity contribution in [1.82, 2.24) is 9.80 Å². The van der Waals surface area contributed by atoms with Crippen molar-refractivity contribution in [2.45, 2.75) is 6.42 Å². The molecule has 1 aliphatic rings. The standard InChI is InChI=1S/C14H17Cl3N2O/c15-4-7-18-5-1-6-19(9-8-18)14(20)12-10-11(16)2-3-13(12)17/h2-3,10H,1,4-9H2. The van der Waals surface area contributed by atoms with Crippen LogP contribution in [0.4, 0.5) is 0 Å². The zero-order valence-corrected chi connectivity index (χ0v) is 13.4. The highest BCUT2D eigenvalue weighted by atomic mass is 35.5. The summed E-state index contributed by atoms with van der Waals surface area (Å²) in [5.41, 5.74) is 0.477. The summed E-state index contributed by atoms with van der Waals surface area (Å²) < 4.78 is 0.